The molecule has 1 unspecified atom stereocenters. The molecule has 5 rings (SSSR count). The Bertz CT molecular complexity index is 999. The van der Waals surface area contributed by atoms with Crippen LogP contribution >= 0.6 is 0 Å². The molecule has 2 aromatic rings. The number of aryl methyl sites for hydroxylation is 1. The molecule has 1 aromatic carbocycles. The molecule has 1 aromatic heterocycles. The molecule has 7 nitrogen and oxygen atoms in total. The van der Waals surface area contributed by atoms with E-state index in [2.05, 4.69) is 25.3 Å². The first-order valence-electron chi connectivity index (χ1n) is 10.3. The van der Waals surface area contributed by atoms with E-state index in [9.17, 15) is 9.00 Å². The second-order valence-electron chi connectivity index (χ2n) is 8.32. The molecule has 3 N–H and O–H groups in total. The van der Waals surface area contributed by atoms with E-state index in [4.69, 9.17) is 0 Å². The number of anilines is 3. The Balaban J connectivity index is 1.29. The molecule has 0 radical (unpaired) electrons. The van der Waals surface area contributed by atoms with Crippen LogP contribution in [0.5, 0.6) is 0 Å². The molecule has 0 bridgehead atoms. The summed E-state index contributed by atoms with van der Waals surface area (Å²) in [5.41, 5.74) is 2.35. The number of fused-ring (bicyclic) bond motifs is 2. The maximum Gasteiger partial charge on any atom is 0.236 e. The standard InChI is InChI=1S/C21H25N5O2S/c1-13-11-15(29(28)26-14-5-3-2-4-6-14)7-8-17(13)23-20-22-12-16-18(25-20)24-19(27)21(16)9-10-21/h7-8,11-12,14,26H,2-6,9-10H2,1H3,(H2,22,23,24,25,27). The van der Waals surface area contributed by atoms with Gasteiger partial charge in [0.1, 0.15) is 16.8 Å². The maximum absolute atomic E-state index is 12.7. The number of nitrogens with zero attached hydrogens (tertiary/aromatic N) is 2. The number of rotatable bonds is 5. The largest absolute Gasteiger partial charge is 0.324 e. The summed E-state index contributed by atoms with van der Waals surface area (Å²) in [7, 11) is -1.21. The van der Waals surface area contributed by atoms with Gasteiger partial charge in [-0.1, -0.05) is 19.3 Å². The van der Waals surface area contributed by atoms with Gasteiger partial charge in [-0.25, -0.2) is 13.9 Å². The zero-order chi connectivity index (χ0) is 20.0. The molecule has 2 saturated carbocycles. The Morgan fingerprint density at radius 3 is 2.72 bits per heavy atom. The van der Waals surface area contributed by atoms with E-state index in [0.717, 1.165) is 47.4 Å². The van der Waals surface area contributed by atoms with Crippen molar-refractivity contribution in [3.8, 4) is 0 Å². The number of hydrogen-bond donors (Lipinski definition) is 3. The first-order chi connectivity index (χ1) is 14.0. The highest BCUT2D eigenvalue weighted by atomic mass is 32.2. The van der Waals surface area contributed by atoms with Crippen molar-refractivity contribution in [2.75, 3.05) is 10.6 Å². The highest BCUT2D eigenvalue weighted by molar-refractivity contribution is 7.83. The molecule has 1 aliphatic heterocycles. The predicted octanol–water partition coefficient (Wildman–Crippen LogP) is 3.46. The first-order valence-corrected chi connectivity index (χ1v) is 11.4. The molecule has 1 spiro atoms. The lowest BCUT2D eigenvalue weighted by atomic mass is 9.96. The number of carbonyl (C=O) groups excluding carboxylic acids is 1. The summed E-state index contributed by atoms with van der Waals surface area (Å²) in [6.07, 6.45) is 9.37. The zero-order valence-electron chi connectivity index (χ0n) is 16.5. The minimum Gasteiger partial charge on any atom is -0.324 e. The molecule has 152 valence electrons. The summed E-state index contributed by atoms with van der Waals surface area (Å²) in [5.74, 6) is 1.09. The molecule has 2 heterocycles. The third-order valence-corrected chi connectivity index (χ3v) is 7.49. The van der Waals surface area contributed by atoms with Crippen LogP contribution in [-0.4, -0.2) is 26.1 Å². The zero-order valence-corrected chi connectivity index (χ0v) is 17.3. The highest BCUT2D eigenvalue weighted by Gasteiger charge is 2.57. The van der Waals surface area contributed by atoms with Gasteiger partial charge in [0.2, 0.25) is 11.9 Å². The third-order valence-electron chi connectivity index (χ3n) is 6.26. The lowest BCUT2D eigenvalue weighted by molar-refractivity contribution is -0.117. The van der Waals surface area contributed by atoms with E-state index < -0.39 is 11.0 Å². The molecule has 0 saturated heterocycles. The van der Waals surface area contributed by atoms with Crippen LogP contribution in [0.2, 0.25) is 0 Å². The molecular formula is C21H25N5O2S. The fraction of sp³-hybridized carbons (Fsp3) is 0.476. The average Bonchev–Trinajstić information content (AvgIpc) is 3.47. The van der Waals surface area contributed by atoms with Crippen LogP contribution < -0.4 is 15.4 Å². The average molecular weight is 412 g/mol. The summed E-state index contributed by atoms with van der Waals surface area (Å²) in [4.78, 5) is 21.8. The van der Waals surface area contributed by atoms with Crippen molar-refractivity contribution in [2.24, 2.45) is 0 Å². The Labute approximate surface area is 172 Å². The molecule has 2 fully saturated rings. The van der Waals surface area contributed by atoms with Crippen LogP contribution in [0.3, 0.4) is 0 Å². The van der Waals surface area contributed by atoms with Crippen molar-refractivity contribution in [3.63, 3.8) is 0 Å². The van der Waals surface area contributed by atoms with E-state index >= 15 is 0 Å². The van der Waals surface area contributed by atoms with Crippen molar-refractivity contribution >= 4 is 34.3 Å². The van der Waals surface area contributed by atoms with Crippen LogP contribution in [-0.2, 0) is 21.2 Å². The fourth-order valence-corrected chi connectivity index (χ4v) is 5.46. The monoisotopic (exact) mass is 411 g/mol. The van der Waals surface area contributed by atoms with Crippen LogP contribution in [0.25, 0.3) is 0 Å². The molecule has 29 heavy (non-hydrogen) atoms. The van der Waals surface area contributed by atoms with Gasteiger partial charge in [-0.2, -0.15) is 4.98 Å². The number of carbonyl (C=O) groups is 1. The summed E-state index contributed by atoms with van der Waals surface area (Å²) in [5, 5.41) is 6.09. The summed E-state index contributed by atoms with van der Waals surface area (Å²) in [6, 6.07) is 6.05. The number of benzene rings is 1. The van der Waals surface area contributed by atoms with Gasteiger partial charge >= 0.3 is 0 Å². The molecule has 1 amide bonds. The van der Waals surface area contributed by atoms with Crippen LogP contribution in [0.15, 0.2) is 29.3 Å². The van der Waals surface area contributed by atoms with Gasteiger partial charge in [-0.3, -0.25) is 4.79 Å². The van der Waals surface area contributed by atoms with E-state index in [1.54, 1.807) is 6.20 Å². The smallest absolute Gasteiger partial charge is 0.236 e. The van der Waals surface area contributed by atoms with Crippen LogP contribution in [0.4, 0.5) is 17.5 Å². The quantitative estimate of drug-likeness (QED) is 0.700. The van der Waals surface area contributed by atoms with E-state index in [1.807, 2.05) is 25.1 Å². The van der Waals surface area contributed by atoms with Gasteiger partial charge in [-0.05, 0) is 56.4 Å². The van der Waals surface area contributed by atoms with Crippen molar-refractivity contribution in [3.05, 3.63) is 35.5 Å². The molecular weight excluding hydrogens is 386 g/mol. The summed E-state index contributed by atoms with van der Waals surface area (Å²) in [6.45, 7) is 1.97. The van der Waals surface area contributed by atoms with Gasteiger partial charge in [0.25, 0.3) is 0 Å². The molecule has 3 aliphatic rings. The Morgan fingerprint density at radius 2 is 2.00 bits per heavy atom. The fourth-order valence-electron chi connectivity index (χ4n) is 4.31. The van der Waals surface area contributed by atoms with Crippen molar-refractivity contribution < 1.29 is 9.00 Å². The van der Waals surface area contributed by atoms with Crippen LogP contribution in [0.1, 0.15) is 56.1 Å². The second kappa shape index (κ2) is 7.18. The Hall–Kier alpha value is -2.32. The summed E-state index contributed by atoms with van der Waals surface area (Å²) >= 11 is 0. The topological polar surface area (TPSA) is 96.0 Å². The normalized spacial score (nSPS) is 20.9. The number of amides is 1. The summed E-state index contributed by atoms with van der Waals surface area (Å²) < 4.78 is 15.9. The predicted molar refractivity (Wildman–Crippen MR) is 112 cm³/mol. The lowest BCUT2D eigenvalue weighted by Crippen LogP contribution is -2.32. The third kappa shape index (κ3) is 3.44. The maximum atomic E-state index is 12.7. The van der Waals surface area contributed by atoms with Gasteiger partial charge < -0.3 is 10.6 Å². The second-order valence-corrected chi connectivity index (χ2v) is 9.56. The van der Waals surface area contributed by atoms with Gasteiger partial charge in [-0.15, -0.1) is 0 Å². The van der Waals surface area contributed by atoms with E-state index in [1.165, 1.54) is 19.3 Å². The Kier molecular flexibility index (Phi) is 4.63. The molecule has 1 atom stereocenters. The van der Waals surface area contributed by atoms with Gasteiger partial charge in [0, 0.05) is 23.5 Å². The number of nitrogens with one attached hydrogen (secondary N) is 3. The lowest BCUT2D eigenvalue weighted by Gasteiger charge is -2.22. The molecule has 8 heteroatoms. The minimum atomic E-state index is -1.21. The van der Waals surface area contributed by atoms with Crippen molar-refractivity contribution in [1.82, 2.24) is 14.7 Å². The van der Waals surface area contributed by atoms with E-state index in [-0.39, 0.29) is 11.3 Å². The van der Waals surface area contributed by atoms with Crippen molar-refractivity contribution in [1.29, 1.82) is 0 Å². The van der Waals surface area contributed by atoms with Crippen molar-refractivity contribution in [2.45, 2.75) is 68.2 Å². The number of aromatic nitrogens is 2. The SMILES string of the molecule is Cc1cc(S(=O)NC2CCCCC2)ccc1Nc1ncc2c(n1)NC(=O)C21CC1. The first kappa shape index (κ1) is 18.7. The van der Waals surface area contributed by atoms with E-state index in [0.29, 0.717) is 17.8 Å². The highest BCUT2D eigenvalue weighted by Crippen LogP contribution is 2.54. The Morgan fingerprint density at radius 1 is 1.21 bits per heavy atom. The molecule has 2 aliphatic carbocycles. The van der Waals surface area contributed by atoms with Crippen LogP contribution in [0, 0.1) is 6.92 Å². The van der Waals surface area contributed by atoms with Gasteiger partial charge in [0.15, 0.2) is 0 Å². The number of hydrogen-bond acceptors (Lipinski definition) is 5. The van der Waals surface area contributed by atoms with Gasteiger partial charge in [0.05, 0.1) is 10.3 Å². The minimum absolute atomic E-state index is 0.0347.